The number of nitrogens with one attached hydrogen (secondary N) is 1. The molecule has 0 aliphatic rings. The van der Waals surface area contributed by atoms with Gasteiger partial charge in [0.1, 0.15) is 18.0 Å². The number of amides is 1. The van der Waals surface area contributed by atoms with E-state index in [1.807, 2.05) is 51.1 Å². The zero-order valence-electron chi connectivity index (χ0n) is 15.2. The van der Waals surface area contributed by atoms with Crippen LogP contribution in [0.1, 0.15) is 48.3 Å². The first-order valence-electron chi connectivity index (χ1n) is 8.71. The molecule has 0 spiro atoms. The fourth-order valence-corrected chi connectivity index (χ4v) is 2.82. The second-order valence-corrected chi connectivity index (χ2v) is 5.91. The number of carbonyl (C=O) groups excluding carboxylic acids is 1. The number of benzene rings is 1. The number of hydrogen-bond acceptors (Lipinski definition) is 5. The lowest BCUT2D eigenvalue weighted by atomic mass is 10.1. The van der Waals surface area contributed by atoms with Crippen LogP contribution in [0, 0.1) is 6.92 Å². The van der Waals surface area contributed by atoms with Gasteiger partial charge in [0, 0.05) is 18.3 Å². The maximum Gasteiger partial charge on any atom is 0.255 e. The van der Waals surface area contributed by atoms with Crippen molar-refractivity contribution < 1.29 is 4.79 Å². The third-order valence-electron chi connectivity index (χ3n) is 4.17. The predicted molar refractivity (Wildman–Crippen MR) is 98.4 cm³/mol. The molecule has 0 bridgehead atoms. The summed E-state index contributed by atoms with van der Waals surface area (Å²) < 4.78 is 1.79. The standard InChI is InChI=1S/C19H22N6O/c1-4-16(18-21-12-22-25(18)5-2)24-19(26)15-11-20-13(3)23-17(15)14-9-7-6-8-10-14/h6-12,16H,4-5H2,1-3H3,(H,24,26). The van der Waals surface area contributed by atoms with Crippen LogP contribution in [0.25, 0.3) is 11.3 Å². The number of hydrogen-bond donors (Lipinski definition) is 1. The summed E-state index contributed by atoms with van der Waals surface area (Å²) in [5.74, 6) is 1.15. The smallest absolute Gasteiger partial charge is 0.255 e. The quantitative estimate of drug-likeness (QED) is 0.739. The Hall–Kier alpha value is -3.09. The molecule has 0 aliphatic carbocycles. The Bertz CT molecular complexity index is 890. The van der Waals surface area contributed by atoms with Crippen molar-refractivity contribution in [2.24, 2.45) is 0 Å². The number of aryl methyl sites for hydroxylation is 2. The molecule has 1 N–H and O–H groups in total. The van der Waals surface area contributed by atoms with Gasteiger partial charge in [-0.25, -0.2) is 19.6 Å². The van der Waals surface area contributed by atoms with Crippen LogP contribution in [0.15, 0.2) is 42.9 Å². The predicted octanol–water partition coefficient (Wildman–Crippen LogP) is 2.94. The fourth-order valence-electron chi connectivity index (χ4n) is 2.82. The van der Waals surface area contributed by atoms with Gasteiger partial charge in [-0.05, 0) is 20.3 Å². The Labute approximate surface area is 152 Å². The van der Waals surface area contributed by atoms with E-state index in [-0.39, 0.29) is 11.9 Å². The first kappa shape index (κ1) is 17.7. The molecule has 1 amide bonds. The topological polar surface area (TPSA) is 85.6 Å². The van der Waals surface area contributed by atoms with E-state index < -0.39 is 0 Å². The Morgan fingerprint density at radius 2 is 1.96 bits per heavy atom. The molecular formula is C19H22N6O. The molecule has 0 fully saturated rings. The molecule has 1 aromatic carbocycles. The van der Waals surface area contributed by atoms with E-state index in [1.54, 1.807) is 10.9 Å². The fraction of sp³-hybridized carbons (Fsp3) is 0.316. The van der Waals surface area contributed by atoms with Gasteiger partial charge in [0.15, 0.2) is 0 Å². The SMILES string of the molecule is CCC(NC(=O)c1cnc(C)nc1-c1ccccc1)c1ncnn1CC. The molecule has 0 saturated carbocycles. The average Bonchev–Trinajstić information content (AvgIpc) is 3.15. The minimum atomic E-state index is -0.227. The molecule has 26 heavy (non-hydrogen) atoms. The van der Waals surface area contributed by atoms with E-state index in [0.717, 1.165) is 11.4 Å². The Morgan fingerprint density at radius 3 is 2.65 bits per heavy atom. The molecule has 7 nitrogen and oxygen atoms in total. The van der Waals surface area contributed by atoms with Crippen molar-refractivity contribution in [1.82, 2.24) is 30.0 Å². The van der Waals surface area contributed by atoms with Crippen LogP contribution < -0.4 is 5.32 Å². The van der Waals surface area contributed by atoms with Crippen molar-refractivity contribution in [1.29, 1.82) is 0 Å². The number of rotatable bonds is 6. The van der Waals surface area contributed by atoms with Crippen LogP contribution in [0.3, 0.4) is 0 Å². The monoisotopic (exact) mass is 350 g/mol. The molecule has 0 radical (unpaired) electrons. The lowest BCUT2D eigenvalue weighted by Gasteiger charge is -2.18. The maximum atomic E-state index is 13.0. The van der Waals surface area contributed by atoms with E-state index in [9.17, 15) is 4.79 Å². The molecule has 3 aromatic rings. The van der Waals surface area contributed by atoms with Gasteiger partial charge in [-0.2, -0.15) is 5.10 Å². The van der Waals surface area contributed by atoms with Crippen molar-refractivity contribution in [3.8, 4) is 11.3 Å². The lowest BCUT2D eigenvalue weighted by Crippen LogP contribution is -2.31. The molecule has 2 heterocycles. The summed E-state index contributed by atoms with van der Waals surface area (Å²) in [4.78, 5) is 26.0. The Morgan fingerprint density at radius 1 is 1.19 bits per heavy atom. The summed E-state index contributed by atoms with van der Waals surface area (Å²) in [7, 11) is 0. The second kappa shape index (κ2) is 7.86. The largest absolute Gasteiger partial charge is 0.342 e. The molecule has 0 saturated heterocycles. The van der Waals surface area contributed by atoms with Gasteiger partial charge in [-0.15, -0.1) is 0 Å². The lowest BCUT2D eigenvalue weighted by molar-refractivity contribution is 0.0932. The summed E-state index contributed by atoms with van der Waals surface area (Å²) >= 11 is 0. The van der Waals surface area contributed by atoms with Gasteiger partial charge in [0.05, 0.1) is 17.3 Å². The minimum absolute atomic E-state index is 0.221. The maximum absolute atomic E-state index is 13.0. The highest BCUT2D eigenvalue weighted by atomic mass is 16.1. The van der Waals surface area contributed by atoms with E-state index in [1.165, 1.54) is 6.33 Å². The molecule has 2 aromatic heterocycles. The molecule has 3 rings (SSSR count). The van der Waals surface area contributed by atoms with Gasteiger partial charge >= 0.3 is 0 Å². The highest BCUT2D eigenvalue weighted by Gasteiger charge is 2.22. The van der Waals surface area contributed by atoms with Crippen molar-refractivity contribution in [3.63, 3.8) is 0 Å². The number of aromatic nitrogens is 5. The van der Waals surface area contributed by atoms with Crippen molar-refractivity contribution >= 4 is 5.91 Å². The van der Waals surface area contributed by atoms with Crippen LogP contribution in [-0.4, -0.2) is 30.6 Å². The first-order chi connectivity index (χ1) is 12.6. The average molecular weight is 350 g/mol. The summed E-state index contributed by atoms with van der Waals surface area (Å²) in [6.07, 6.45) is 3.80. The van der Waals surface area contributed by atoms with Gasteiger partial charge in [0.25, 0.3) is 5.91 Å². The van der Waals surface area contributed by atoms with Gasteiger partial charge in [0.2, 0.25) is 0 Å². The molecule has 134 valence electrons. The zero-order chi connectivity index (χ0) is 18.5. The van der Waals surface area contributed by atoms with Gasteiger partial charge < -0.3 is 5.32 Å². The Balaban J connectivity index is 1.93. The highest BCUT2D eigenvalue weighted by molar-refractivity contribution is 5.99. The van der Waals surface area contributed by atoms with E-state index >= 15 is 0 Å². The van der Waals surface area contributed by atoms with Crippen LogP contribution in [0.5, 0.6) is 0 Å². The normalized spacial score (nSPS) is 12.0. The molecule has 1 unspecified atom stereocenters. The third-order valence-corrected chi connectivity index (χ3v) is 4.17. The van der Waals surface area contributed by atoms with E-state index in [0.29, 0.717) is 30.0 Å². The number of nitrogens with zero attached hydrogens (tertiary/aromatic N) is 5. The summed E-state index contributed by atoms with van der Waals surface area (Å²) in [5.41, 5.74) is 1.96. The van der Waals surface area contributed by atoms with Gasteiger partial charge in [-0.3, -0.25) is 4.79 Å². The van der Waals surface area contributed by atoms with Crippen molar-refractivity contribution in [3.05, 3.63) is 60.1 Å². The minimum Gasteiger partial charge on any atom is -0.342 e. The third kappa shape index (κ3) is 3.61. The Kier molecular flexibility index (Phi) is 5.36. The van der Waals surface area contributed by atoms with Crippen LogP contribution in [0.4, 0.5) is 0 Å². The van der Waals surface area contributed by atoms with Crippen LogP contribution in [-0.2, 0) is 6.54 Å². The summed E-state index contributed by atoms with van der Waals surface area (Å²) in [6, 6.07) is 9.42. The molecule has 0 aliphatic heterocycles. The summed E-state index contributed by atoms with van der Waals surface area (Å²) in [6.45, 7) is 6.51. The summed E-state index contributed by atoms with van der Waals surface area (Å²) in [5, 5.41) is 7.24. The van der Waals surface area contributed by atoms with Crippen molar-refractivity contribution in [2.75, 3.05) is 0 Å². The number of carbonyl (C=O) groups is 1. The molecule has 7 heteroatoms. The zero-order valence-corrected chi connectivity index (χ0v) is 15.2. The van der Waals surface area contributed by atoms with Crippen LogP contribution in [0.2, 0.25) is 0 Å². The second-order valence-electron chi connectivity index (χ2n) is 5.91. The molecule has 1 atom stereocenters. The highest BCUT2D eigenvalue weighted by Crippen LogP contribution is 2.22. The van der Waals surface area contributed by atoms with Crippen molar-refractivity contribution in [2.45, 2.75) is 39.8 Å². The first-order valence-corrected chi connectivity index (χ1v) is 8.71. The molecular weight excluding hydrogens is 328 g/mol. The van der Waals surface area contributed by atoms with E-state index in [2.05, 4.69) is 25.4 Å². The van der Waals surface area contributed by atoms with Gasteiger partial charge in [-0.1, -0.05) is 37.3 Å². The van der Waals surface area contributed by atoms with Crippen LogP contribution >= 0.6 is 0 Å². The van der Waals surface area contributed by atoms with E-state index in [4.69, 9.17) is 0 Å².